The summed E-state index contributed by atoms with van der Waals surface area (Å²) in [6, 6.07) is 13.0. The van der Waals surface area contributed by atoms with Crippen LogP contribution in [0.1, 0.15) is 11.1 Å². The molecule has 7 heteroatoms. The second-order valence-corrected chi connectivity index (χ2v) is 6.14. The van der Waals surface area contributed by atoms with E-state index in [0.29, 0.717) is 29.4 Å². The highest BCUT2D eigenvalue weighted by Crippen LogP contribution is 2.38. The molecule has 0 aliphatic heterocycles. The Hall–Kier alpha value is -3.48. The highest BCUT2D eigenvalue weighted by molar-refractivity contribution is 5.89. The Bertz CT molecular complexity index is 838. The first-order valence-electron chi connectivity index (χ1n) is 8.91. The van der Waals surface area contributed by atoms with Gasteiger partial charge >= 0.3 is 5.97 Å². The summed E-state index contributed by atoms with van der Waals surface area (Å²) in [4.78, 5) is 25.6. The fourth-order valence-corrected chi connectivity index (χ4v) is 2.60. The van der Waals surface area contributed by atoms with Gasteiger partial charge in [0.15, 0.2) is 18.1 Å². The van der Waals surface area contributed by atoms with Crippen LogP contribution in [0.4, 0.5) is 0 Å². The number of amides is 1. The Morgan fingerprint density at radius 2 is 1.59 bits per heavy atom. The van der Waals surface area contributed by atoms with E-state index in [1.54, 1.807) is 25.3 Å². The summed E-state index contributed by atoms with van der Waals surface area (Å²) in [6.45, 7) is 0.111. The van der Waals surface area contributed by atoms with E-state index in [9.17, 15) is 9.59 Å². The van der Waals surface area contributed by atoms with Gasteiger partial charge in [0.2, 0.25) is 5.75 Å². The van der Waals surface area contributed by atoms with Crippen LogP contribution in [0, 0.1) is 0 Å². The van der Waals surface area contributed by atoms with Crippen LogP contribution in [-0.2, 0) is 20.9 Å². The average molecular weight is 399 g/mol. The molecule has 0 radical (unpaired) electrons. The fourth-order valence-electron chi connectivity index (χ4n) is 2.60. The van der Waals surface area contributed by atoms with E-state index in [1.165, 1.54) is 32.3 Å². The summed E-state index contributed by atoms with van der Waals surface area (Å²) in [7, 11) is 6.20. The van der Waals surface area contributed by atoms with Crippen LogP contribution < -0.4 is 14.2 Å². The molecule has 2 aromatic carbocycles. The van der Waals surface area contributed by atoms with Crippen molar-refractivity contribution in [1.29, 1.82) is 0 Å². The zero-order chi connectivity index (χ0) is 21.2. The van der Waals surface area contributed by atoms with E-state index in [4.69, 9.17) is 18.9 Å². The van der Waals surface area contributed by atoms with Crippen LogP contribution in [0.5, 0.6) is 17.2 Å². The first-order chi connectivity index (χ1) is 14.0. The third-order valence-electron chi connectivity index (χ3n) is 4.13. The van der Waals surface area contributed by atoms with Crippen molar-refractivity contribution in [3.05, 3.63) is 59.7 Å². The van der Waals surface area contributed by atoms with E-state index in [-0.39, 0.29) is 12.5 Å². The number of benzene rings is 2. The molecule has 0 atom stereocenters. The number of hydrogen-bond donors (Lipinski definition) is 0. The zero-order valence-electron chi connectivity index (χ0n) is 17.0. The van der Waals surface area contributed by atoms with Crippen LogP contribution in [0.2, 0.25) is 0 Å². The van der Waals surface area contributed by atoms with Crippen molar-refractivity contribution in [1.82, 2.24) is 4.90 Å². The molecule has 0 fully saturated rings. The molecule has 2 rings (SSSR count). The molecule has 7 nitrogen and oxygen atoms in total. The van der Waals surface area contributed by atoms with Gasteiger partial charge in [0, 0.05) is 19.7 Å². The quantitative estimate of drug-likeness (QED) is 0.477. The van der Waals surface area contributed by atoms with Crippen LogP contribution in [0.15, 0.2) is 48.5 Å². The van der Waals surface area contributed by atoms with Gasteiger partial charge in [-0.05, 0) is 29.3 Å². The second kappa shape index (κ2) is 10.8. The molecule has 0 aliphatic carbocycles. The van der Waals surface area contributed by atoms with Crippen LogP contribution >= 0.6 is 0 Å². The largest absolute Gasteiger partial charge is 0.493 e. The van der Waals surface area contributed by atoms with Gasteiger partial charge in [-0.3, -0.25) is 4.79 Å². The lowest BCUT2D eigenvalue weighted by atomic mass is 10.1. The SMILES string of the molecule is COc1cc(/C=C/C(=O)OCC(=O)N(C)Cc2ccccc2)cc(OC)c1OC. The molecule has 29 heavy (non-hydrogen) atoms. The predicted molar refractivity (Wildman–Crippen MR) is 109 cm³/mol. The van der Waals surface area contributed by atoms with Crippen LogP contribution in [0.3, 0.4) is 0 Å². The smallest absolute Gasteiger partial charge is 0.331 e. The molecule has 0 aromatic heterocycles. The minimum absolute atomic E-state index is 0.289. The molecule has 0 saturated heterocycles. The Morgan fingerprint density at radius 3 is 2.14 bits per heavy atom. The van der Waals surface area contributed by atoms with E-state index in [2.05, 4.69) is 0 Å². The highest BCUT2D eigenvalue weighted by Gasteiger charge is 2.13. The average Bonchev–Trinajstić information content (AvgIpc) is 2.75. The van der Waals surface area contributed by atoms with Gasteiger partial charge in [0.05, 0.1) is 21.3 Å². The Balaban J connectivity index is 1.93. The van der Waals surface area contributed by atoms with Gasteiger partial charge in [-0.2, -0.15) is 0 Å². The van der Waals surface area contributed by atoms with Crippen molar-refractivity contribution in [2.75, 3.05) is 35.0 Å². The molecule has 0 aliphatic rings. The molecule has 0 unspecified atom stereocenters. The zero-order valence-corrected chi connectivity index (χ0v) is 17.0. The molecule has 0 bridgehead atoms. The first-order valence-corrected chi connectivity index (χ1v) is 8.91. The van der Waals surface area contributed by atoms with E-state index >= 15 is 0 Å². The summed E-state index contributed by atoms with van der Waals surface area (Å²) in [5.41, 5.74) is 1.65. The summed E-state index contributed by atoms with van der Waals surface area (Å²) in [5, 5.41) is 0. The number of carbonyl (C=O) groups is 2. The highest BCUT2D eigenvalue weighted by atomic mass is 16.5. The van der Waals surface area contributed by atoms with Crippen molar-refractivity contribution in [2.45, 2.75) is 6.54 Å². The van der Waals surface area contributed by atoms with E-state index < -0.39 is 5.97 Å². The third kappa shape index (κ3) is 6.27. The van der Waals surface area contributed by atoms with Gasteiger partial charge < -0.3 is 23.8 Å². The number of esters is 1. The standard InChI is InChI=1S/C22H25NO6/c1-23(14-16-8-6-5-7-9-16)20(24)15-29-21(25)11-10-17-12-18(26-2)22(28-4)19(13-17)27-3/h5-13H,14-15H2,1-4H3/b11-10+. The number of ether oxygens (including phenoxy) is 4. The maximum absolute atomic E-state index is 12.1. The molecule has 0 saturated carbocycles. The maximum atomic E-state index is 12.1. The molecule has 2 aromatic rings. The summed E-state index contributed by atoms with van der Waals surface area (Å²) in [6.07, 6.45) is 2.79. The van der Waals surface area contributed by atoms with Crippen molar-refractivity contribution in [3.8, 4) is 17.2 Å². The monoisotopic (exact) mass is 399 g/mol. The lowest BCUT2D eigenvalue weighted by Crippen LogP contribution is -2.30. The number of likely N-dealkylation sites (N-methyl/N-ethyl adjacent to an activating group) is 1. The van der Waals surface area contributed by atoms with Crippen LogP contribution in [-0.4, -0.2) is 51.8 Å². The number of methoxy groups -OCH3 is 3. The molecule has 1 amide bonds. The summed E-state index contributed by atoms with van der Waals surface area (Å²) < 4.78 is 20.8. The minimum Gasteiger partial charge on any atom is -0.493 e. The van der Waals surface area contributed by atoms with Crippen molar-refractivity contribution in [3.63, 3.8) is 0 Å². The summed E-state index contributed by atoms with van der Waals surface area (Å²) in [5.74, 6) is 0.487. The van der Waals surface area contributed by atoms with Gasteiger partial charge in [-0.25, -0.2) is 4.79 Å². The molecule has 0 heterocycles. The Labute approximate surface area is 170 Å². The van der Waals surface area contributed by atoms with Gasteiger partial charge in [-0.1, -0.05) is 30.3 Å². The van der Waals surface area contributed by atoms with E-state index in [0.717, 1.165) is 5.56 Å². The lowest BCUT2D eigenvalue weighted by molar-refractivity contribution is -0.147. The Kier molecular flexibility index (Phi) is 8.09. The van der Waals surface area contributed by atoms with E-state index in [1.807, 2.05) is 30.3 Å². The minimum atomic E-state index is -0.625. The first kappa shape index (κ1) is 21.8. The van der Waals surface area contributed by atoms with Gasteiger partial charge in [-0.15, -0.1) is 0 Å². The normalized spacial score (nSPS) is 10.5. The topological polar surface area (TPSA) is 74.3 Å². The predicted octanol–water partition coefficient (Wildman–Crippen LogP) is 2.93. The molecule has 0 N–H and O–H groups in total. The number of nitrogens with zero attached hydrogens (tertiary/aromatic N) is 1. The Morgan fingerprint density at radius 1 is 0.966 bits per heavy atom. The van der Waals surface area contributed by atoms with Crippen molar-refractivity contribution < 1.29 is 28.5 Å². The number of carbonyl (C=O) groups excluding carboxylic acids is 2. The van der Waals surface area contributed by atoms with Crippen molar-refractivity contribution >= 4 is 18.0 Å². The molecular weight excluding hydrogens is 374 g/mol. The summed E-state index contributed by atoms with van der Waals surface area (Å²) >= 11 is 0. The maximum Gasteiger partial charge on any atom is 0.331 e. The van der Waals surface area contributed by atoms with Gasteiger partial charge in [0.25, 0.3) is 5.91 Å². The third-order valence-corrected chi connectivity index (χ3v) is 4.13. The number of rotatable bonds is 9. The number of hydrogen-bond acceptors (Lipinski definition) is 6. The molecule has 154 valence electrons. The lowest BCUT2D eigenvalue weighted by Gasteiger charge is -2.16. The molecule has 0 spiro atoms. The fraction of sp³-hybridized carbons (Fsp3) is 0.273. The van der Waals surface area contributed by atoms with Crippen LogP contribution in [0.25, 0.3) is 6.08 Å². The second-order valence-electron chi connectivity index (χ2n) is 6.14. The van der Waals surface area contributed by atoms with Gasteiger partial charge in [0.1, 0.15) is 0 Å². The molecular formula is C22H25NO6. The van der Waals surface area contributed by atoms with Crippen molar-refractivity contribution in [2.24, 2.45) is 0 Å².